The summed E-state index contributed by atoms with van der Waals surface area (Å²) in [4.78, 5) is 28.1. The molecule has 2 aliphatic rings. The van der Waals surface area contributed by atoms with Gasteiger partial charge in [-0.05, 0) is 0 Å². The van der Waals surface area contributed by atoms with Crippen molar-refractivity contribution in [3.8, 4) is 5.75 Å². The molecule has 0 bridgehead atoms. The van der Waals surface area contributed by atoms with Crippen LogP contribution in [0, 0.1) is 0 Å². The first-order valence-electron chi connectivity index (χ1n) is 7.23. The Morgan fingerprint density at radius 1 is 1.33 bits per heavy atom. The van der Waals surface area contributed by atoms with Crippen molar-refractivity contribution >= 4 is 16.1 Å². The Labute approximate surface area is 137 Å². The van der Waals surface area contributed by atoms with E-state index in [0.29, 0.717) is 26.1 Å². The fraction of sp³-hybridized carbons (Fsp3) is 0.615. The average molecular weight is 360 g/mol. The number of fused-ring (bicyclic) bond motifs is 2. The van der Waals surface area contributed by atoms with Crippen LogP contribution < -0.4 is 9.74 Å². The fourth-order valence-electron chi connectivity index (χ4n) is 2.93. The second-order valence-electron chi connectivity index (χ2n) is 5.62. The number of carboxylic acids is 1. The van der Waals surface area contributed by atoms with Crippen LogP contribution in [0.5, 0.6) is 5.75 Å². The van der Waals surface area contributed by atoms with Gasteiger partial charge in [0.1, 0.15) is 11.4 Å². The molecule has 1 aromatic heterocycles. The standard InChI is InChI=1S/C13H16N2O8S/c1-24(19,20)23-9-8(11(17)18)14-12-13(2-5-21-6-3-13)22-7-4-15(12)10(9)16/h2-7H2,1H3,(H,17,18). The molecule has 1 saturated heterocycles. The number of aromatic nitrogens is 2. The minimum absolute atomic E-state index is 0.129. The minimum Gasteiger partial charge on any atom is -0.476 e. The Morgan fingerprint density at radius 3 is 2.58 bits per heavy atom. The second kappa shape index (κ2) is 5.83. The first-order chi connectivity index (χ1) is 11.2. The monoisotopic (exact) mass is 360 g/mol. The fourth-order valence-corrected chi connectivity index (χ4v) is 3.38. The van der Waals surface area contributed by atoms with Crippen molar-refractivity contribution in [1.29, 1.82) is 0 Å². The van der Waals surface area contributed by atoms with E-state index in [9.17, 15) is 23.1 Å². The van der Waals surface area contributed by atoms with Crippen molar-refractivity contribution in [1.82, 2.24) is 9.55 Å². The molecule has 1 aromatic rings. The molecule has 24 heavy (non-hydrogen) atoms. The third-order valence-electron chi connectivity index (χ3n) is 3.97. The molecule has 0 unspecified atom stereocenters. The average Bonchev–Trinajstić information content (AvgIpc) is 2.50. The normalized spacial score (nSPS) is 19.7. The van der Waals surface area contributed by atoms with Crippen molar-refractivity contribution in [3.05, 3.63) is 21.9 Å². The van der Waals surface area contributed by atoms with Gasteiger partial charge >= 0.3 is 16.1 Å². The first kappa shape index (κ1) is 16.9. The van der Waals surface area contributed by atoms with Gasteiger partial charge in [0.25, 0.3) is 5.56 Å². The van der Waals surface area contributed by atoms with Crippen LogP contribution in [-0.4, -0.2) is 55.1 Å². The Balaban J connectivity index is 2.23. The van der Waals surface area contributed by atoms with Gasteiger partial charge in [0.2, 0.25) is 5.75 Å². The highest BCUT2D eigenvalue weighted by Gasteiger charge is 2.43. The zero-order valence-electron chi connectivity index (χ0n) is 12.9. The smallest absolute Gasteiger partial charge is 0.358 e. The molecule has 0 aromatic carbocycles. The molecule has 2 aliphatic heterocycles. The van der Waals surface area contributed by atoms with Gasteiger partial charge in [-0.15, -0.1) is 0 Å². The van der Waals surface area contributed by atoms with Crippen LogP contribution in [0.15, 0.2) is 4.79 Å². The molecule has 1 N–H and O–H groups in total. The van der Waals surface area contributed by atoms with Crippen molar-refractivity contribution in [2.45, 2.75) is 25.0 Å². The van der Waals surface area contributed by atoms with Gasteiger partial charge in [-0.2, -0.15) is 8.42 Å². The summed E-state index contributed by atoms with van der Waals surface area (Å²) < 4.78 is 39.6. The van der Waals surface area contributed by atoms with Crippen LogP contribution in [0.25, 0.3) is 0 Å². The lowest BCUT2D eigenvalue weighted by molar-refractivity contribution is -0.139. The van der Waals surface area contributed by atoms with Crippen LogP contribution in [0.2, 0.25) is 0 Å². The van der Waals surface area contributed by atoms with E-state index >= 15 is 0 Å². The number of carbonyl (C=O) groups is 1. The van der Waals surface area contributed by atoms with E-state index in [-0.39, 0.29) is 19.0 Å². The maximum Gasteiger partial charge on any atom is 0.358 e. The molecule has 132 valence electrons. The van der Waals surface area contributed by atoms with E-state index < -0.39 is 38.7 Å². The summed E-state index contributed by atoms with van der Waals surface area (Å²) in [6.07, 6.45) is 1.57. The zero-order chi connectivity index (χ0) is 17.5. The SMILES string of the molecule is CS(=O)(=O)Oc1c(C(=O)O)nc2n(c1=O)CCOC21CCOCC1. The summed E-state index contributed by atoms with van der Waals surface area (Å²) >= 11 is 0. The Bertz CT molecular complexity index is 838. The summed E-state index contributed by atoms with van der Waals surface area (Å²) in [6, 6.07) is 0. The van der Waals surface area contributed by atoms with Crippen molar-refractivity contribution in [3.63, 3.8) is 0 Å². The highest BCUT2D eigenvalue weighted by atomic mass is 32.2. The van der Waals surface area contributed by atoms with E-state index in [1.54, 1.807) is 0 Å². The van der Waals surface area contributed by atoms with Crippen LogP contribution in [-0.2, 0) is 31.7 Å². The van der Waals surface area contributed by atoms with Gasteiger partial charge in [-0.25, -0.2) is 9.78 Å². The van der Waals surface area contributed by atoms with E-state index in [4.69, 9.17) is 9.47 Å². The molecule has 3 rings (SSSR count). The maximum atomic E-state index is 12.6. The number of rotatable bonds is 3. The Hall–Kier alpha value is -1.98. The van der Waals surface area contributed by atoms with Crippen LogP contribution in [0.3, 0.4) is 0 Å². The minimum atomic E-state index is -4.08. The summed E-state index contributed by atoms with van der Waals surface area (Å²) in [5.74, 6) is -2.19. The van der Waals surface area contributed by atoms with Crippen molar-refractivity contribution in [2.24, 2.45) is 0 Å². The number of carboxylic acid groups (broad SMARTS) is 1. The molecule has 1 fully saturated rings. The first-order valence-corrected chi connectivity index (χ1v) is 9.05. The lowest BCUT2D eigenvalue weighted by Crippen LogP contribution is -2.48. The van der Waals surface area contributed by atoms with Crippen LogP contribution in [0.4, 0.5) is 0 Å². The molecule has 0 saturated carbocycles. The molecule has 10 nitrogen and oxygen atoms in total. The van der Waals surface area contributed by atoms with E-state index in [0.717, 1.165) is 6.26 Å². The topological polar surface area (TPSA) is 134 Å². The van der Waals surface area contributed by atoms with Gasteiger partial charge in [0.05, 0.1) is 19.4 Å². The lowest BCUT2D eigenvalue weighted by atomic mass is 9.91. The molecular formula is C13H16N2O8S. The highest BCUT2D eigenvalue weighted by Crippen LogP contribution is 2.37. The molecule has 0 aliphatic carbocycles. The van der Waals surface area contributed by atoms with E-state index in [1.807, 2.05) is 0 Å². The van der Waals surface area contributed by atoms with Crippen LogP contribution >= 0.6 is 0 Å². The van der Waals surface area contributed by atoms with Gasteiger partial charge in [0, 0.05) is 26.1 Å². The molecule has 11 heteroatoms. The molecule has 1 spiro atoms. The van der Waals surface area contributed by atoms with Gasteiger partial charge < -0.3 is 18.8 Å². The summed E-state index contributed by atoms with van der Waals surface area (Å²) in [5, 5.41) is 9.32. The summed E-state index contributed by atoms with van der Waals surface area (Å²) in [6.45, 7) is 1.13. The quantitative estimate of drug-likeness (QED) is 0.695. The van der Waals surface area contributed by atoms with Gasteiger partial charge in [-0.1, -0.05) is 0 Å². The van der Waals surface area contributed by atoms with E-state index in [2.05, 4.69) is 9.17 Å². The number of hydrogen-bond donors (Lipinski definition) is 1. The zero-order valence-corrected chi connectivity index (χ0v) is 13.7. The number of aromatic carboxylic acids is 1. The second-order valence-corrected chi connectivity index (χ2v) is 7.19. The largest absolute Gasteiger partial charge is 0.476 e. The van der Waals surface area contributed by atoms with Gasteiger partial charge in [0.15, 0.2) is 5.69 Å². The third-order valence-corrected chi connectivity index (χ3v) is 4.44. The molecule has 3 heterocycles. The predicted molar refractivity (Wildman–Crippen MR) is 78.6 cm³/mol. The van der Waals surface area contributed by atoms with Crippen molar-refractivity contribution < 1.29 is 32.0 Å². The number of nitrogens with zero attached hydrogens (tertiary/aromatic N) is 2. The van der Waals surface area contributed by atoms with Crippen molar-refractivity contribution in [2.75, 3.05) is 26.1 Å². The third kappa shape index (κ3) is 2.89. The Kier molecular flexibility index (Phi) is 4.10. The molecule has 0 amide bonds. The molecular weight excluding hydrogens is 344 g/mol. The van der Waals surface area contributed by atoms with E-state index in [1.165, 1.54) is 4.57 Å². The highest BCUT2D eigenvalue weighted by molar-refractivity contribution is 7.86. The molecule has 0 atom stereocenters. The molecule has 0 radical (unpaired) electrons. The number of hydrogen-bond acceptors (Lipinski definition) is 8. The van der Waals surface area contributed by atoms with Gasteiger partial charge in [-0.3, -0.25) is 9.36 Å². The Morgan fingerprint density at radius 2 is 2.00 bits per heavy atom. The summed E-state index contributed by atoms with van der Waals surface area (Å²) in [7, 11) is -4.08. The number of ether oxygens (including phenoxy) is 2. The van der Waals surface area contributed by atoms with Crippen LogP contribution in [0.1, 0.15) is 29.2 Å². The maximum absolute atomic E-state index is 12.6. The predicted octanol–water partition coefficient (Wildman–Crippen LogP) is -0.684. The lowest BCUT2D eigenvalue weighted by Gasteiger charge is -2.40. The summed E-state index contributed by atoms with van der Waals surface area (Å²) in [5.41, 5.74) is -2.51.